The van der Waals surface area contributed by atoms with E-state index < -0.39 is 0 Å². The van der Waals surface area contributed by atoms with E-state index in [0.29, 0.717) is 17.8 Å². The molecule has 3 aromatic heterocycles. The van der Waals surface area contributed by atoms with E-state index in [2.05, 4.69) is 103 Å². The summed E-state index contributed by atoms with van der Waals surface area (Å²) in [6.45, 7) is 15.9. The molecule has 0 saturated carbocycles. The molecule has 0 unspecified atom stereocenters. The Labute approximate surface area is 226 Å². The molecular formula is C35H38N2O. The number of hydrogen-bond donors (Lipinski definition) is 0. The number of pyridine rings is 2. The van der Waals surface area contributed by atoms with Crippen LogP contribution in [0.1, 0.15) is 82.7 Å². The standard InChI is InChI=1S/C35H38N2O/c1-20(2)18-35(19-21(3)4)29-11-9-8-10-25(29)27-17-28-26-13-12-23(7)31(32(26)38-34(28)37-33(27)35)30-16-24(22(5)6)14-15-36-30/h8-17,20-22H,18-19H2,1-7H3. The van der Waals surface area contributed by atoms with Crippen molar-refractivity contribution in [1.82, 2.24) is 9.97 Å². The molecule has 2 aromatic carbocycles. The van der Waals surface area contributed by atoms with E-state index in [1.807, 2.05) is 6.20 Å². The number of nitrogens with zero attached hydrogens (tertiary/aromatic N) is 2. The van der Waals surface area contributed by atoms with E-state index in [9.17, 15) is 0 Å². The monoisotopic (exact) mass is 502 g/mol. The second kappa shape index (κ2) is 9.08. The van der Waals surface area contributed by atoms with Gasteiger partial charge in [-0.15, -0.1) is 0 Å². The van der Waals surface area contributed by atoms with E-state index in [4.69, 9.17) is 14.4 Å². The van der Waals surface area contributed by atoms with Crippen LogP contribution in [0.5, 0.6) is 0 Å². The Bertz CT molecular complexity index is 1660. The summed E-state index contributed by atoms with van der Waals surface area (Å²) in [6, 6.07) is 20.0. The lowest BCUT2D eigenvalue weighted by atomic mass is 9.69. The van der Waals surface area contributed by atoms with Gasteiger partial charge in [0.1, 0.15) is 5.58 Å². The van der Waals surface area contributed by atoms with Crippen molar-refractivity contribution in [2.75, 3.05) is 0 Å². The molecule has 1 aliphatic carbocycles. The lowest BCUT2D eigenvalue weighted by Crippen LogP contribution is -2.30. The maximum Gasteiger partial charge on any atom is 0.227 e. The first-order valence-electron chi connectivity index (χ1n) is 14.1. The van der Waals surface area contributed by atoms with Crippen LogP contribution in [-0.4, -0.2) is 9.97 Å². The Morgan fingerprint density at radius 1 is 0.816 bits per heavy atom. The molecule has 194 valence electrons. The molecule has 38 heavy (non-hydrogen) atoms. The van der Waals surface area contributed by atoms with Crippen LogP contribution in [0.2, 0.25) is 0 Å². The van der Waals surface area contributed by atoms with Crippen LogP contribution in [0.25, 0.3) is 44.5 Å². The summed E-state index contributed by atoms with van der Waals surface area (Å²) in [5.74, 6) is 1.54. The van der Waals surface area contributed by atoms with Crippen LogP contribution < -0.4 is 0 Å². The van der Waals surface area contributed by atoms with Crippen molar-refractivity contribution in [3.8, 4) is 22.4 Å². The predicted molar refractivity (Wildman–Crippen MR) is 159 cm³/mol. The second-order valence-corrected chi connectivity index (χ2v) is 12.4. The van der Waals surface area contributed by atoms with Gasteiger partial charge in [0.15, 0.2) is 0 Å². The minimum Gasteiger partial charge on any atom is -0.437 e. The van der Waals surface area contributed by atoms with Gasteiger partial charge in [0.25, 0.3) is 0 Å². The highest BCUT2D eigenvalue weighted by atomic mass is 16.3. The van der Waals surface area contributed by atoms with Crippen molar-refractivity contribution in [3.63, 3.8) is 0 Å². The van der Waals surface area contributed by atoms with Crippen LogP contribution >= 0.6 is 0 Å². The van der Waals surface area contributed by atoms with E-state index in [1.54, 1.807) is 0 Å². The third kappa shape index (κ3) is 3.78. The number of hydrogen-bond acceptors (Lipinski definition) is 3. The third-order valence-electron chi connectivity index (χ3n) is 8.25. The molecule has 0 bridgehead atoms. The molecule has 1 aliphatic rings. The molecule has 0 aliphatic heterocycles. The molecule has 3 heteroatoms. The number of furan rings is 1. The number of rotatable bonds is 6. The smallest absolute Gasteiger partial charge is 0.227 e. The quantitative estimate of drug-likeness (QED) is 0.232. The number of fused-ring (bicyclic) bond motifs is 6. The minimum atomic E-state index is -0.104. The summed E-state index contributed by atoms with van der Waals surface area (Å²) in [4.78, 5) is 10.2. The molecule has 0 spiro atoms. The molecule has 3 nitrogen and oxygen atoms in total. The molecule has 3 heterocycles. The number of benzene rings is 2. The SMILES string of the molecule is Cc1ccc2c(oc3nc4c(cc32)-c2ccccc2C4(CC(C)C)CC(C)C)c1-c1cc(C(C)C)ccn1. The summed E-state index contributed by atoms with van der Waals surface area (Å²) < 4.78 is 6.70. The lowest BCUT2D eigenvalue weighted by Gasteiger charge is -2.34. The topological polar surface area (TPSA) is 38.9 Å². The lowest BCUT2D eigenvalue weighted by molar-refractivity contribution is 0.331. The zero-order valence-electron chi connectivity index (χ0n) is 23.7. The van der Waals surface area contributed by atoms with Crippen molar-refractivity contribution in [2.45, 2.75) is 72.6 Å². The van der Waals surface area contributed by atoms with Gasteiger partial charge in [-0.05, 0) is 78.0 Å². The van der Waals surface area contributed by atoms with Crippen molar-refractivity contribution < 1.29 is 4.42 Å². The molecule has 0 amide bonds. The Kier molecular flexibility index (Phi) is 5.94. The maximum atomic E-state index is 6.70. The van der Waals surface area contributed by atoms with Gasteiger partial charge in [-0.3, -0.25) is 4.98 Å². The Hall–Kier alpha value is -3.46. The molecule has 0 radical (unpaired) electrons. The largest absolute Gasteiger partial charge is 0.437 e. The summed E-state index contributed by atoms with van der Waals surface area (Å²) in [5, 5.41) is 2.19. The van der Waals surface area contributed by atoms with E-state index in [1.165, 1.54) is 27.9 Å². The van der Waals surface area contributed by atoms with Gasteiger partial charge in [-0.25, -0.2) is 4.98 Å². The van der Waals surface area contributed by atoms with Crippen LogP contribution in [-0.2, 0) is 5.41 Å². The highest BCUT2D eigenvalue weighted by Gasteiger charge is 2.45. The van der Waals surface area contributed by atoms with Gasteiger partial charge < -0.3 is 4.42 Å². The van der Waals surface area contributed by atoms with Crippen molar-refractivity contribution >= 4 is 22.1 Å². The van der Waals surface area contributed by atoms with Gasteiger partial charge in [-0.2, -0.15) is 0 Å². The maximum absolute atomic E-state index is 6.70. The first-order chi connectivity index (χ1) is 18.2. The van der Waals surface area contributed by atoms with Crippen molar-refractivity contribution in [1.29, 1.82) is 0 Å². The molecule has 0 atom stereocenters. The Morgan fingerprint density at radius 2 is 1.55 bits per heavy atom. The van der Waals surface area contributed by atoms with Gasteiger partial charge in [0.2, 0.25) is 5.71 Å². The van der Waals surface area contributed by atoms with Gasteiger partial charge in [0.05, 0.1) is 11.4 Å². The van der Waals surface area contributed by atoms with Crippen molar-refractivity contribution in [2.24, 2.45) is 11.8 Å². The minimum absolute atomic E-state index is 0.104. The fourth-order valence-electron chi connectivity index (χ4n) is 6.85. The van der Waals surface area contributed by atoms with Gasteiger partial charge in [0, 0.05) is 33.5 Å². The summed E-state index contributed by atoms with van der Waals surface area (Å²) in [5.41, 5.74) is 11.2. The fraction of sp³-hybridized carbons (Fsp3) is 0.371. The summed E-state index contributed by atoms with van der Waals surface area (Å²) in [7, 11) is 0. The second-order valence-electron chi connectivity index (χ2n) is 12.4. The first kappa shape index (κ1) is 24.9. The number of aromatic nitrogens is 2. The predicted octanol–water partition coefficient (Wildman–Crippen LogP) is 9.83. The molecule has 5 aromatic rings. The van der Waals surface area contributed by atoms with Gasteiger partial charge in [-0.1, -0.05) is 77.9 Å². The zero-order chi connectivity index (χ0) is 26.8. The average molecular weight is 503 g/mol. The molecule has 6 rings (SSSR count). The Balaban J connectivity index is 1.65. The van der Waals surface area contributed by atoms with Crippen LogP contribution in [0, 0.1) is 18.8 Å². The van der Waals surface area contributed by atoms with Crippen LogP contribution in [0.4, 0.5) is 0 Å². The summed E-state index contributed by atoms with van der Waals surface area (Å²) >= 11 is 0. The van der Waals surface area contributed by atoms with E-state index >= 15 is 0 Å². The fourth-order valence-corrected chi connectivity index (χ4v) is 6.85. The highest BCUT2D eigenvalue weighted by Crippen LogP contribution is 2.55. The average Bonchev–Trinajstić information content (AvgIpc) is 3.35. The van der Waals surface area contributed by atoms with Crippen LogP contribution in [0.15, 0.2) is 65.2 Å². The number of aryl methyl sites for hydroxylation is 1. The zero-order valence-corrected chi connectivity index (χ0v) is 23.7. The van der Waals surface area contributed by atoms with Gasteiger partial charge >= 0.3 is 0 Å². The van der Waals surface area contributed by atoms with E-state index in [0.717, 1.165) is 51.7 Å². The first-order valence-corrected chi connectivity index (χ1v) is 14.1. The summed E-state index contributed by atoms with van der Waals surface area (Å²) in [6.07, 6.45) is 4.07. The van der Waals surface area contributed by atoms with Crippen LogP contribution in [0.3, 0.4) is 0 Å². The molecule has 0 saturated heterocycles. The normalized spacial score (nSPS) is 14.3. The van der Waals surface area contributed by atoms with Crippen molar-refractivity contribution in [3.05, 3.63) is 83.2 Å². The molecule has 0 fully saturated rings. The Morgan fingerprint density at radius 3 is 2.26 bits per heavy atom. The van der Waals surface area contributed by atoms with E-state index in [-0.39, 0.29) is 5.41 Å². The molecule has 0 N–H and O–H groups in total. The third-order valence-corrected chi connectivity index (χ3v) is 8.25. The highest BCUT2D eigenvalue weighted by molar-refractivity contribution is 6.10. The molecular weight excluding hydrogens is 464 g/mol.